The molecule has 0 bridgehead atoms. The number of aromatic nitrogens is 1. The first-order valence-corrected chi connectivity index (χ1v) is 8.31. The summed E-state index contributed by atoms with van der Waals surface area (Å²) in [6, 6.07) is 0. The van der Waals surface area contributed by atoms with Gasteiger partial charge in [-0.2, -0.15) is 0 Å². The summed E-state index contributed by atoms with van der Waals surface area (Å²) < 4.78 is 0. The summed E-state index contributed by atoms with van der Waals surface area (Å²) in [5.74, 6) is 1.65. The third-order valence-corrected chi connectivity index (χ3v) is 5.55. The van der Waals surface area contributed by atoms with Gasteiger partial charge in [0, 0.05) is 17.2 Å². The number of piperidine rings is 1. The number of hydrogen-bond acceptors (Lipinski definition) is 3. The van der Waals surface area contributed by atoms with Crippen molar-refractivity contribution in [2.75, 3.05) is 13.1 Å². The summed E-state index contributed by atoms with van der Waals surface area (Å²) in [4.78, 5) is 6.48. The fraction of sp³-hybridized carbons (Fsp3) is 0.800. The van der Waals surface area contributed by atoms with Gasteiger partial charge in [0.05, 0.1) is 10.7 Å². The van der Waals surface area contributed by atoms with Gasteiger partial charge in [0.1, 0.15) is 0 Å². The zero-order valence-electron chi connectivity index (χ0n) is 11.4. The highest BCUT2D eigenvalue weighted by atomic mass is 32.1. The maximum Gasteiger partial charge on any atom is 0.0933 e. The first-order valence-electron chi connectivity index (χ1n) is 7.50. The van der Waals surface area contributed by atoms with Crippen molar-refractivity contribution in [3.63, 3.8) is 0 Å². The fourth-order valence-corrected chi connectivity index (χ4v) is 4.60. The molecule has 1 aliphatic carbocycles. The molecule has 0 aromatic carbocycles. The van der Waals surface area contributed by atoms with Crippen molar-refractivity contribution in [1.29, 1.82) is 0 Å². The summed E-state index contributed by atoms with van der Waals surface area (Å²) in [6.07, 6.45) is 9.44. The van der Waals surface area contributed by atoms with Crippen molar-refractivity contribution in [1.82, 2.24) is 10.3 Å². The minimum absolute atomic E-state index is 0.781. The van der Waals surface area contributed by atoms with Crippen LogP contribution in [0.4, 0.5) is 0 Å². The molecule has 100 valence electrons. The molecule has 0 unspecified atom stereocenters. The lowest BCUT2D eigenvalue weighted by Gasteiger charge is -2.21. The number of aryl methyl sites for hydroxylation is 1. The summed E-state index contributed by atoms with van der Waals surface area (Å²) in [5.41, 5.74) is 1.45. The maximum absolute atomic E-state index is 4.98. The van der Waals surface area contributed by atoms with E-state index in [1.807, 2.05) is 11.3 Å². The van der Waals surface area contributed by atoms with Crippen LogP contribution in [0.1, 0.15) is 60.0 Å². The molecule has 2 fully saturated rings. The van der Waals surface area contributed by atoms with E-state index in [1.54, 1.807) is 0 Å². The molecule has 2 nitrogen and oxygen atoms in total. The molecule has 18 heavy (non-hydrogen) atoms. The zero-order valence-corrected chi connectivity index (χ0v) is 12.2. The maximum atomic E-state index is 4.98. The van der Waals surface area contributed by atoms with Crippen LogP contribution in [0, 0.1) is 12.8 Å². The summed E-state index contributed by atoms with van der Waals surface area (Å²) in [7, 11) is 0. The summed E-state index contributed by atoms with van der Waals surface area (Å²) >= 11 is 1.96. The van der Waals surface area contributed by atoms with Gasteiger partial charge in [-0.25, -0.2) is 4.98 Å². The van der Waals surface area contributed by atoms with Crippen molar-refractivity contribution in [2.45, 2.75) is 57.8 Å². The van der Waals surface area contributed by atoms with Crippen LogP contribution in [0.2, 0.25) is 0 Å². The van der Waals surface area contributed by atoms with Crippen LogP contribution in [0.3, 0.4) is 0 Å². The molecule has 0 spiro atoms. The molecule has 0 radical (unpaired) electrons. The Morgan fingerprint density at radius 2 is 1.89 bits per heavy atom. The first-order chi connectivity index (χ1) is 8.83. The highest BCUT2D eigenvalue weighted by Crippen LogP contribution is 2.37. The molecule has 0 amide bonds. The van der Waals surface area contributed by atoms with Gasteiger partial charge in [-0.3, -0.25) is 0 Å². The van der Waals surface area contributed by atoms with Gasteiger partial charge in [-0.05, 0) is 51.6 Å². The predicted molar refractivity (Wildman–Crippen MR) is 77.4 cm³/mol. The van der Waals surface area contributed by atoms with Crippen LogP contribution in [-0.2, 0) is 6.42 Å². The smallest absolute Gasteiger partial charge is 0.0933 e. The van der Waals surface area contributed by atoms with Crippen LogP contribution in [-0.4, -0.2) is 18.1 Å². The van der Waals surface area contributed by atoms with Crippen LogP contribution in [0.25, 0.3) is 0 Å². The molecule has 1 aliphatic heterocycles. The second kappa shape index (κ2) is 5.70. The van der Waals surface area contributed by atoms with E-state index in [-0.39, 0.29) is 0 Å². The van der Waals surface area contributed by atoms with E-state index in [9.17, 15) is 0 Å². The average Bonchev–Trinajstić information content (AvgIpc) is 3.00. The second-order valence-electron chi connectivity index (χ2n) is 5.93. The quantitative estimate of drug-likeness (QED) is 0.901. The van der Waals surface area contributed by atoms with E-state index in [0.717, 1.165) is 11.8 Å². The van der Waals surface area contributed by atoms with E-state index in [1.165, 1.54) is 73.6 Å². The lowest BCUT2D eigenvalue weighted by Crippen LogP contribution is -2.28. The lowest BCUT2D eigenvalue weighted by molar-refractivity contribution is 0.372. The van der Waals surface area contributed by atoms with E-state index < -0.39 is 0 Å². The third-order valence-electron chi connectivity index (χ3n) is 4.54. The standard InChI is InChI=1S/C15H24N2S/c1-11-15(13-4-2-3-5-13)17-14(18-11)10-12-6-8-16-9-7-12/h12-13,16H,2-10H2,1H3. The molecular weight excluding hydrogens is 240 g/mol. The molecule has 2 heterocycles. The van der Waals surface area contributed by atoms with Crippen LogP contribution in [0.5, 0.6) is 0 Å². The number of nitrogens with one attached hydrogen (secondary N) is 1. The zero-order chi connectivity index (χ0) is 12.4. The molecular formula is C15H24N2S. The van der Waals surface area contributed by atoms with Crippen LogP contribution < -0.4 is 5.32 Å². The Kier molecular flexibility index (Phi) is 4.00. The van der Waals surface area contributed by atoms with Gasteiger partial charge in [-0.1, -0.05) is 12.8 Å². The number of nitrogens with zero attached hydrogens (tertiary/aromatic N) is 1. The van der Waals surface area contributed by atoms with E-state index in [2.05, 4.69) is 12.2 Å². The Balaban J connectivity index is 1.67. The van der Waals surface area contributed by atoms with Crippen LogP contribution >= 0.6 is 11.3 Å². The van der Waals surface area contributed by atoms with Gasteiger partial charge < -0.3 is 5.32 Å². The van der Waals surface area contributed by atoms with Gasteiger partial charge in [-0.15, -0.1) is 11.3 Å². The van der Waals surface area contributed by atoms with E-state index in [0.29, 0.717) is 0 Å². The van der Waals surface area contributed by atoms with E-state index >= 15 is 0 Å². The largest absolute Gasteiger partial charge is 0.317 e. The number of rotatable bonds is 3. The average molecular weight is 264 g/mol. The highest BCUT2D eigenvalue weighted by Gasteiger charge is 2.23. The monoisotopic (exact) mass is 264 g/mol. The Bertz CT molecular complexity index is 387. The molecule has 0 atom stereocenters. The minimum atomic E-state index is 0.781. The van der Waals surface area contributed by atoms with Crippen molar-refractivity contribution >= 4 is 11.3 Å². The normalized spacial score (nSPS) is 22.7. The van der Waals surface area contributed by atoms with Crippen molar-refractivity contribution < 1.29 is 0 Å². The number of hydrogen-bond donors (Lipinski definition) is 1. The Morgan fingerprint density at radius 3 is 2.61 bits per heavy atom. The van der Waals surface area contributed by atoms with Crippen molar-refractivity contribution in [3.05, 3.63) is 15.6 Å². The molecule has 1 aromatic rings. The first kappa shape index (κ1) is 12.6. The molecule has 1 saturated heterocycles. The second-order valence-corrected chi connectivity index (χ2v) is 7.22. The van der Waals surface area contributed by atoms with E-state index in [4.69, 9.17) is 4.98 Å². The van der Waals surface area contributed by atoms with Gasteiger partial charge in [0.2, 0.25) is 0 Å². The fourth-order valence-electron chi connectivity index (χ4n) is 3.46. The minimum Gasteiger partial charge on any atom is -0.317 e. The van der Waals surface area contributed by atoms with Gasteiger partial charge >= 0.3 is 0 Å². The topological polar surface area (TPSA) is 24.9 Å². The van der Waals surface area contributed by atoms with Crippen molar-refractivity contribution in [2.24, 2.45) is 5.92 Å². The highest BCUT2D eigenvalue weighted by molar-refractivity contribution is 7.11. The molecule has 2 aliphatic rings. The van der Waals surface area contributed by atoms with Crippen molar-refractivity contribution in [3.8, 4) is 0 Å². The van der Waals surface area contributed by atoms with Crippen LogP contribution in [0.15, 0.2) is 0 Å². The van der Waals surface area contributed by atoms with Gasteiger partial charge in [0.25, 0.3) is 0 Å². The molecule has 1 saturated carbocycles. The predicted octanol–water partition coefficient (Wildman–Crippen LogP) is 3.65. The molecule has 3 heteroatoms. The Hall–Kier alpha value is -0.410. The Labute approximate surface area is 114 Å². The van der Waals surface area contributed by atoms with Gasteiger partial charge in [0.15, 0.2) is 0 Å². The number of thiazole rings is 1. The molecule has 1 aromatic heterocycles. The molecule has 1 N–H and O–H groups in total. The summed E-state index contributed by atoms with van der Waals surface area (Å²) in [5, 5.41) is 4.85. The third kappa shape index (κ3) is 2.77. The lowest BCUT2D eigenvalue weighted by atomic mass is 9.95. The molecule has 3 rings (SSSR count). The summed E-state index contributed by atoms with van der Waals surface area (Å²) in [6.45, 7) is 4.67. The Morgan fingerprint density at radius 1 is 1.17 bits per heavy atom. The SMILES string of the molecule is Cc1sc(CC2CCNCC2)nc1C1CCCC1.